The summed E-state index contributed by atoms with van der Waals surface area (Å²) in [5, 5.41) is 2.77. The molecule has 0 atom stereocenters. The number of hydrogen-bond donors (Lipinski definition) is 1. The van der Waals surface area contributed by atoms with Crippen LogP contribution in [0.2, 0.25) is 0 Å². The van der Waals surface area contributed by atoms with Gasteiger partial charge in [0.15, 0.2) is 0 Å². The zero-order valence-corrected chi connectivity index (χ0v) is 49.3. The lowest BCUT2D eigenvalue weighted by Gasteiger charge is -2.18. The molecule has 75 heavy (non-hydrogen) atoms. The van der Waals surface area contributed by atoms with Gasteiger partial charge in [0.1, 0.15) is 6.10 Å². The van der Waals surface area contributed by atoms with E-state index in [4.69, 9.17) is 28.4 Å². The lowest BCUT2D eigenvalue weighted by Crippen LogP contribution is -2.32. The Morgan fingerprint density at radius 3 is 0.920 bits per heavy atom. The Hall–Kier alpha value is -2.93. The maximum Gasteiger partial charge on any atom is 0.407 e. The number of amides is 1. The van der Waals surface area contributed by atoms with Gasteiger partial charge in [-0.25, -0.2) is 4.79 Å². The number of esters is 4. The van der Waals surface area contributed by atoms with Crippen molar-refractivity contribution >= 4 is 30.0 Å². The van der Waals surface area contributed by atoms with Crippen LogP contribution >= 0.6 is 0 Å². The van der Waals surface area contributed by atoms with Gasteiger partial charge in [0.05, 0.1) is 39.6 Å². The molecule has 0 aliphatic carbocycles. The highest BCUT2D eigenvalue weighted by atomic mass is 16.6. The number of likely N-dealkylation sites (N-methyl/N-ethyl adjacent to an activating group) is 1. The van der Waals surface area contributed by atoms with Crippen molar-refractivity contribution in [3.63, 3.8) is 0 Å². The predicted molar refractivity (Wildman–Crippen MR) is 306 cm³/mol. The molecule has 0 fully saturated rings. The van der Waals surface area contributed by atoms with Crippen molar-refractivity contribution in [2.45, 2.75) is 302 Å². The van der Waals surface area contributed by atoms with Crippen molar-refractivity contribution in [2.24, 2.45) is 0 Å². The van der Waals surface area contributed by atoms with Crippen LogP contribution in [0.15, 0.2) is 0 Å². The van der Waals surface area contributed by atoms with E-state index in [1.54, 1.807) is 0 Å². The number of carbonyl (C=O) groups is 5. The average molecular weight is 1070 g/mol. The number of unbranched alkanes of at least 4 members (excludes halogenated alkanes) is 32. The third-order valence-electron chi connectivity index (χ3n) is 13.9. The minimum Gasteiger partial charge on any atom is -0.466 e. The Morgan fingerprint density at radius 1 is 0.347 bits per heavy atom. The van der Waals surface area contributed by atoms with Crippen LogP contribution in [0.25, 0.3) is 0 Å². The topological polar surface area (TPSA) is 156 Å². The van der Waals surface area contributed by atoms with E-state index in [0.29, 0.717) is 84.3 Å². The lowest BCUT2D eigenvalue weighted by molar-refractivity contribution is -0.145. The third-order valence-corrected chi connectivity index (χ3v) is 13.9. The molecule has 0 rings (SSSR count). The Balaban J connectivity index is 4.02. The summed E-state index contributed by atoms with van der Waals surface area (Å²) in [6.45, 7) is 8.23. The van der Waals surface area contributed by atoms with Crippen LogP contribution in [0.5, 0.6) is 0 Å². The quantitative estimate of drug-likeness (QED) is 0.0350. The van der Waals surface area contributed by atoms with Crippen LogP contribution in [0.3, 0.4) is 0 Å². The summed E-state index contributed by atoms with van der Waals surface area (Å²) in [7, 11) is 3.97. The van der Waals surface area contributed by atoms with Gasteiger partial charge >= 0.3 is 30.0 Å². The van der Waals surface area contributed by atoms with E-state index in [9.17, 15) is 24.0 Å². The molecule has 1 amide bonds. The molecule has 0 unspecified atom stereocenters. The molecule has 0 aromatic carbocycles. The monoisotopic (exact) mass is 1070 g/mol. The van der Waals surface area contributed by atoms with E-state index in [0.717, 1.165) is 96.4 Å². The van der Waals surface area contributed by atoms with Gasteiger partial charge in [0.2, 0.25) is 0 Å². The number of ether oxygens (including phenoxy) is 6. The van der Waals surface area contributed by atoms with E-state index >= 15 is 0 Å². The Morgan fingerprint density at radius 2 is 0.627 bits per heavy atom. The molecule has 0 aromatic rings. The largest absolute Gasteiger partial charge is 0.466 e. The van der Waals surface area contributed by atoms with Crippen molar-refractivity contribution in [2.75, 3.05) is 66.8 Å². The van der Waals surface area contributed by atoms with Crippen molar-refractivity contribution in [1.29, 1.82) is 0 Å². The first-order valence-corrected chi connectivity index (χ1v) is 31.5. The van der Waals surface area contributed by atoms with Gasteiger partial charge < -0.3 is 38.6 Å². The second-order valence-electron chi connectivity index (χ2n) is 21.6. The summed E-state index contributed by atoms with van der Waals surface area (Å²) in [5.74, 6) is -0.407. The van der Waals surface area contributed by atoms with Crippen LogP contribution in [0.4, 0.5) is 4.79 Å². The SMILES string of the molecule is CCCCCCOC(=O)CCCCCCCCCCCCCCCCC(=O)OCCCC(CCCOC(=O)CCCCCCCCCCCCCCCCC(=O)OCCCCCC)OC(=O)NCCOCCN(C)C. The molecule has 0 saturated heterocycles. The molecular formula is C62H118N2O11. The summed E-state index contributed by atoms with van der Waals surface area (Å²) < 4.78 is 33.0. The van der Waals surface area contributed by atoms with Gasteiger partial charge in [0, 0.05) is 38.8 Å². The van der Waals surface area contributed by atoms with Crippen LogP contribution < -0.4 is 5.32 Å². The molecule has 13 nitrogen and oxygen atoms in total. The summed E-state index contributed by atoms with van der Waals surface area (Å²) >= 11 is 0. The fraction of sp³-hybridized carbons (Fsp3) is 0.919. The van der Waals surface area contributed by atoms with Gasteiger partial charge in [-0.1, -0.05) is 206 Å². The van der Waals surface area contributed by atoms with Crippen molar-refractivity contribution in [1.82, 2.24) is 10.2 Å². The van der Waals surface area contributed by atoms with Gasteiger partial charge in [-0.3, -0.25) is 19.2 Å². The number of hydrogen-bond acceptors (Lipinski definition) is 12. The van der Waals surface area contributed by atoms with Crippen LogP contribution in [0.1, 0.15) is 296 Å². The highest BCUT2D eigenvalue weighted by molar-refractivity contribution is 5.70. The molecule has 1 N–H and O–H groups in total. The average Bonchev–Trinajstić information content (AvgIpc) is 3.39. The highest BCUT2D eigenvalue weighted by Crippen LogP contribution is 2.17. The van der Waals surface area contributed by atoms with Gasteiger partial charge in [-0.05, 0) is 78.3 Å². The first-order valence-electron chi connectivity index (χ1n) is 31.5. The zero-order valence-electron chi connectivity index (χ0n) is 49.3. The standard InChI is InChI=1S/C62H118N2O11/c1-5-7-9-39-51-71-58(65)45-35-31-27-23-19-15-11-13-17-21-25-29-33-37-47-60(67)73-53-41-43-57(75-62(69)63-49-55-70-56-50-64(3)4)44-42-54-74-61(68)48-38-34-30-26-22-18-14-12-16-20-24-28-32-36-46-59(66)72-52-40-10-8-6-2/h57H,5-56H2,1-4H3,(H,63,69). The Bertz CT molecular complexity index is 1210. The van der Waals surface area contributed by atoms with Crippen molar-refractivity contribution in [3.8, 4) is 0 Å². The molecule has 0 spiro atoms. The molecule has 0 aliphatic heterocycles. The Labute approximate surface area is 460 Å². The smallest absolute Gasteiger partial charge is 0.407 e. The summed E-state index contributed by atoms with van der Waals surface area (Å²) in [5.41, 5.74) is 0. The maximum atomic E-state index is 12.6. The van der Waals surface area contributed by atoms with E-state index < -0.39 is 6.09 Å². The summed E-state index contributed by atoms with van der Waals surface area (Å²) in [6.07, 6.45) is 45.3. The lowest BCUT2D eigenvalue weighted by atomic mass is 10.0. The number of carbonyl (C=O) groups excluding carboxylic acids is 5. The molecule has 0 aromatic heterocycles. The zero-order chi connectivity index (χ0) is 54.8. The van der Waals surface area contributed by atoms with E-state index in [1.807, 2.05) is 19.0 Å². The predicted octanol–water partition coefficient (Wildman–Crippen LogP) is 16.0. The fourth-order valence-corrected chi connectivity index (χ4v) is 9.06. The fourth-order valence-electron chi connectivity index (χ4n) is 9.06. The molecule has 0 radical (unpaired) electrons. The molecule has 13 heteroatoms. The van der Waals surface area contributed by atoms with Crippen molar-refractivity contribution in [3.05, 3.63) is 0 Å². The molecular weight excluding hydrogens is 949 g/mol. The second kappa shape index (κ2) is 58.7. The van der Waals surface area contributed by atoms with E-state index in [2.05, 4.69) is 19.2 Å². The third kappa shape index (κ3) is 58.6. The summed E-state index contributed by atoms with van der Waals surface area (Å²) in [4.78, 5) is 63.2. The summed E-state index contributed by atoms with van der Waals surface area (Å²) in [6, 6.07) is 0. The maximum absolute atomic E-state index is 12.6. The van der Waals surface area contributed by atoms with E-state index in [1.165, 1.54) is 141 Å². The second-order valence-corrected chi connectivity index (χ2v) is 21.6. The molecule has 0 bridgehead atoms. The number of alkyl carbamates (subject to hydrolysis) is 1. The Kier molecular flexibility index (Phi) is 56.5. The first kappa shape index (κ1) is 72.1. The number of rotatable bonds is 59. The van der Waals surface area contributed by atoms with Crippen LogP contribution in [-0.4, -0.2) is 108 Å². The normalized spacial score (nSPS) is 11.3. The van der Waals surface area contributed by atoms with Crippen LogP contribution in [0, 0.1) is 0 Å². The minimum atomic E-state index is -0.503. The van der Waals surface area contributed by atoms with Gasteiger partial charge in [-0.15, -0.1) is 0 Å². The van der Waals surface area contributed by atoms with Gasteiger partial charge in [-0.2, -0.15) is 0 Å². The number of nitrogens with one attached hydrogen (secondary N) is 1. The van der Waals surface area contributed by atoms with Crippen LogP contribution in [-0.2, 0) is 47.6 Å². The molecule has 442 valence electrons. The van der Waals surface area contributed by atoms with Crippen molar-refractivity contribution < 1.29 is 52.4 Å². The molecule has 0 saturated carbocycles. The minimum absolute atomic E-state index is 0.0304. The molecule has 0 aliphatic rings. The number of nitrogens with zero attached hydrogens (tertiary/aromatic N) is 1. The first-order chi connectivity index (χ1) is 36.7. The van der Waals surface area contributed by atoms with E-state index in [-0.39, 0.29) is 43.2 Å². The molecule has 0 heterocycles. The van der Waals surface area contributed by atoms with Gasteiger partial charge in [0.25, 0.3) is 0 Å². The highest BCUT2D eigenvalue weighted by Gasteiger charge is 2.16.